The van der Waals surface area contributed by atoms with Gasteiger partial charge in [-0.2, -0.15) is 0 Å². The van der Waals surface area contributed by atoms with E-state index in [-0.39, 0.29) is 0 Å². The van der Waals surface area contributed by atoms with Gasteiger partial charge in [0.15, 0.2) is 0 Å². The molecule has 0 saturated heterocycles. The van der Waals surface area contributed by atoms with Gasteiger partial charge in [-0.25, -0.2) is 4.98 Å². The predicted octanol–water partition coefficient (Wildman–Crippen LogP) is 6.17. The van der Waals surface area contributed by atoms with Crippen molar-refractivity contribution in [3.63, 3.8) is 0 Å². The van der Waals surface area contributed by atoms with Gasteiger partial charge in [-0.05, 0) is 48.9 Å². The number of H-pyrrole nitrogens is 1. The maximum absolute atomic E-state index is 6.09. The minimum absolute atomic E-state index is 0.444. The molecule has 0 fully saturated rings. The summed E-state index contributed by atoms with van der Waals surface area (Å²) in [5.74, 6) is 1.90. The van der Waals surface area contributed by atoms with Crippen molar-refractivity contribution in [3.8, 4) is 5.75 Å². The van der Waals surface area contributed by atoms with Crippen LogP contribution in [0.25, 0.3) is 11.0 Å². The van der Waals surface area contributed by atoms with Crippen molar-refractivity contribution in [2.45, 2.75) is 26.0 Å². The predicted molar refractivity (Wildman–Crippen MR) is 123 cm³/mol. The highest BCUT2D eigenvalue weighted by atomic mass is 35.5. The normalized spacial score (nSPS) is 11.1. The van der Waals surface area contributed by atoms with Gasteiger partial charge in [-0.3, -0.25) is 0 Å². The Kier molecular flexibility index (Phi) is 6.90. The van der Waals surface area contributed by atoms with Gasteiger partial charge in [-0.15, -0.1) is 0 Å². The van der Waals surface area contributed by atoms with E-state index in [4.69, 9.17) is 27.9 Å². The fourth-order valence-electron chi connectivity index (χ4n) is 3.31. The summed E-state index contributed by atoms with van der Waals surface area (Å²) in [6.45, 7) is 2.09. The fourth-order valence-corrected chi connectivity index (χ4v) is 3.63. The second kappa shape index (κ2) is 9.98. The van der Waals surface area contributed by atoms with Crippen LogP contribution < -0.4 is 10.1 Å². The number of fused-ring (bicyclic) bond motifs is 1. The molecule has 0 bridgehead atoms. The quantitative estimate of drug-likeness (QED) is 0.306. The highest BCUT2D eigenvalue weighted by Gasteiger charge is 2.06. The number of nitrogens with zero attached hydrogens (tertiary/aromatic N) is 1. The number of aromatic nitrogens is 2. The van der Waals surface area contributed by atoms with Crippen LogP contribution in [0.1, 0.15) is 23.4 Å². The maximum Gasteiger partial charge on any atom is 0.124 e. The van der Waals surface area contributed by atoms with Crippen LogP contribution in [0.3, 0.4) is 0 Å². The Labute approximate surface area is 186 Å². The molecule has 0 aliphatic carbocycles. The SMILES string of the molecule is Clc1ccc(COc2ccccc2CNCCCc2nc3ccccc3[nH]2)cc1Cl. The van der Waals surface area contributed by atoms with E-state index >= 15 is 0 Å². The molecular formula is C24H23Cl2N3O. The van der Waals surface area contributed by atoms with Crippen LogP contribution in [0.5, 0.6) is 5.75 Å². The summed E-state index contributed by atoms with van der Waals surface area (Å²) >= 11 is 12.1. The van der Waals surface area contributed by atoms with Crippen molar-refractivity contribution in [2.75, 3.05) is 6.54 Å². The molecule has 2 N–H and O–H groups in total. The number of hydrogen-bond donors (Lipinski definition) is 2. The van der Waals surface area contributed by atoms with Crippen LogP contribution in [0.2, 0.25) is 10.0 Å². The fraction of sp³-hybridized carbons (Fsp3) is 0.208. The van der Waals surface area contributed by atoms with Crippen molar-refractivity contribution >= 4 is 34.2 Å². The molecule has 0 aliphatic heterocycles. The highest BCUT2D eigenvalue weighted by molar-refractivity contribution is 6.42. The lowest BCUT2D eigenvalue weighted by Crippen LogP contribution is -2.16. The van der Waals surface area contributed by atoms with Gasteiger partial charge in [0.25, 0.3) is 0 Å². The van der Waals surface area contributed by atoms with Gasteiger partial charge in [0.1, 0.15) is 18.2 Å². The van der Waals surface area contributed by atoms with Crippen molar-refractivity contribution in [1.29, 1.82) is 0 Å². The number of rotatable bonds is 9. The van der Waals surface area contributed by atoms with E-state index < -0.39 is 0 Å². The number of ether oxygens (including phenoxy) is 1. The zero-order valence-corrected chi connectivity index (χ0v) is 18.0. The minimum atomic E-state index is 0.444. The largest absolute Gasteiger partial charge is 0.489 e. The number of aromatic amines is 1. The van der Waals surface area contributed by atoms with Crippen molar-refractivity contribution in [3.05, 3.63) is 93.7 Å². The summed E-state index contributed by atoms with van der Waals surface area (Å²) in [5, 5.41) is 4.59. The van der Waals surface area contributed by atoms with E-state index in [2.05, 4.69) is 27.4 Å². The number of imidazole rings is 1. The zero-order valence-electron chi connectivity index (χ0n) is 16.5. The van der Waals surface area contributed by atoms with Gasteiger partial charge < -0.3 is 15.0 Å². The smallest absolute Gasteiger partial charge is 0.124 e. The molecule has 1 heterocycles. The van der Waals surface area contributed by atoms with Crippen LogP contribution in [0.15, 0.2) is 66.7 Å². The van der Waals surface area contributed by atoms with Crippen LogP contribution >= 0.6 is 23.2 Å². The second-order valence-corrected chi connectivity index (χ2v) is 7.94. The average Bonchev–Trinajstić information content (AvgIpc) is 3.18. The van der Waals surface area contributed by atoms with Crippen molar-refractivity contribution < 1.29 is 4.74 Å². The van der Waals surface area contributed by atoms with Crippen LogP contribution in [-0.2, 0) is 19.6 Å². The lowest BCUT2D eigenvalue weighted by Gasteiger charge is -2.12. The molecule has 30 heavy (non-hydrogen) atoms. The van der Waals surface area contributed by atoms with Gasteiger partial charge in [0.05, 0.1) is 21.1 Å². The van der Waals surface area contributed by atoms with Gasteiger partial charge in [0.2, 0.25) is 0 Å². The average molecular weight is 440 g/mol. The number of nitrogens with one attached hydrogen (secondary N) is 2. The zero-order chi connectivity index (χ0) is 20.8. The number of aryl methyl sites for hydroxylation is 1. The van der Waals surface area contributed by atoms with E-state index in [1.165, 1.54) is 0 Å². The monoisotopic (exact) mass is 439 g/mol. The Bertz CT molecular complexity index is 1090. The van der Waals surface area contributed by atoms with Crippen LogP contribution in [0.4, 0.5) is 0 Å². The first kappa shape index (κ1) is 20.7. The van der Waals surface area contributed by atoms with E-state index in [1.807, 2.05) is 48.5 Å². The third kappa shape index (κ3) is 5.33. The number of benzene rings is 3. The first-order valence-corrected chi connectivity index (χ1v) is 10.7. The number of halogens is 2. The molecule has 4 nitrogen and oxygen atoms in total. The van der Waals surface area contributed by atoms with Crippen LogP contribution in [-0.4, -0.2) is 16.5 Å². The first-order valence-electron chi connectivity index (χ1n) is 9.98. The van der Waals surface area contributed by atoms with Crippen LogP contribution in [0, 0.1) is 0 Å². The molecular weight excluding hydrogens is 417 g/mol. The third-order valence-corrected chi connectivity index (χ3v) is 5.61. The summed E-state index contributed by atoms with van der Waals surface area (Å²) in [5.41, 5.74) is 4.22. The van der Waals surface area contributed by atoms with Gasteiger partial charge in [-0.1, -0.05) is 59.6 Å². The maximum atomic E-state index is 6.09. The topological polar surface area (TPSA) is 49.9 Å². The summed E-state index contributed by atoms with van der Waals surface area (Å²) in [6.07, 6.45) is 1.92. The van der Waals surface area contributed by atoms with E-state index in [1.54, 1.807) is 6.07 Å². The van der Waals surface area contributed by atoms with E-state index in [9.17, 15) is 0 Å². The number of para-hydroxylation sites is 3. The standard InChI is InChI=1S/C24H23Cl2N3O/c25-19-12-11-17(14-20(19)26)16-30-23-9-4-1-6-18(23)15-27-13-5-10-24-28-21-7-2-3-8-22(21)29-24/h1-4,6-9,11-12,14,27H,5,10,13,15-16H2,(H,28,29). The lowest BCUT2D eigenvalue weighted by molar-refractivity contribution is 0.302. The Morgan fingerprint density at radius 2 is 1.77 bits per heavy atom. The third-order valence-electron chi connectivity index (χ3n) is 4.87. The molecule has 0 radical (unpaired) electrons. The number of hydrogen-bond acceptors (Lipinski definition) is 3. The van der Waals surface area contributed by atoms with Gasteiger partial charge in [0, 0.05) is 18.5 Å². The molecule has 4 rings (SSSR count). The molecule has 0 saturated carbocycles. The molecule has 0 amide bonds. The molecule has 154 valence electrons. The molecule has 0 aliphatic rings. The van der Waals surface area contributed by atoms with E-state index in [0.29, 0.717) is 16.7 Å². The Morgan fingerprint density at radius 3 is 2.63 bits per heavy atom. The molecule has 1 aromatic heterocycles. The lowest BCUT2D eigenvalue weighted by atomic mass is 10.2. The summed E-state index contributed by atoms with van der Waals surface area (Å²) in [7, 11) is 0. The summed E-state index contributed by atoms with van der Waals surface area (Å²) < 4.78 is 6.02. The summed E-state index contributed by atoms with van der Waals surface area (Å²) in [6, 6.07) is 21.7. The molecule has 6 heteroatoms. The first-order chi connectivity index (χ1) is 14.7. The molecule has 4 aromatic rings. The Hall–Kier alpha value is -2.53. The Morgan fingerprint density at radius 1 is 0.933 bits per heavy atom. The van der Waals surface area contributed by atoms with E-state index in [0.717, 1.165) is 59.7 Å². The molecule has 0 spiro atoms. The van der Waals surface area contributed by atoms with Crippen molar-refractivity contribution in [1.82, 2.24) is 15.3 Å². The Balaban J connectivity index is 1.26. The molecule has 3 aromatic carbocycles. The summed E-state index contributed by atoms with van der Waals surface area (Å²) in [4.78, 5) is 8.00. The van der Waals surface area contributed by atoms with Crippen molar-refractivity contribution in [2.24, 2.45) is 0 Å². The van der Waals surface area contributed by atoms with Gasteiger partial charge >= 0.3 is 0 Å². The highest BCUT2D eigenvalue weighted by Crippen LogP contribution is 2.24. The second-order valence-electron chi connectivity index (χ2n) is 7.13. The minimum Gasteiger partial charge on any atom is -0.489 e. The molecule has 0 unspecified atom stereocenters. The molecule has 0 atom stereocenters.